The minimum Gasteiger partial charge on any atom is -0.374 e. The lowest BCUT2D eigenvalue weighted by Crippen LogP contribution is -2.49. The molecule has 20 heavy (non-hydrogen) atoms. The number of carbonyl (C=O) groups is 1. The van der Waals surface area contributed by atoms with Gasteiger partial charge < -0.3 is 15.4 Å². The summed E-state index contributed by atoms with van der Waals surface area (Å²) in [5.74, 6) is 0.207. The fraction of sp³-hybridized carbons (Fsp3) is 0.800. The van der Waals surface area contributed by atoms with Crippen molar-refractivity contribution in [3.05, 3.63) is 11.8 Å². The number of nitrogens with two attached hydrogens (primary N) is 1. The van der Waals surface area contributed by atoms with Gasteiger partial charge >= 0.3 is 0 Å². The van der Waals surface area contributed by atoms with Crippen molar-refractivity contribution in [2.75, 3.05) is 39.3 Å². The maximum Gasteiger partial charge on any atom is 0.240 e. The number of hydrogen-bond donors (Lipinski definition) is 1. The minimum absolute atomic E-state index is 0.0699. The monoisotopic (exact) mass is 281 g/mol. The third-order valence-corrected chi connectivity index (χ3v) is 4.08. The Morgan fingerprint density at radius 3 is 3.05 bits per heavy atom. The molecule has 0 aromatic heterocycles. The van der Waals surface area contributed by atoms with Crippen molar-refractivity contribution in [2.24, 2.45) is 5.73 Å². The lowest BCUT2D eigenvalue weighted by atomic mass is 10.0. The molecule has 1 heterocycles. The highest BCUT2D eigenvalue weighted by Crippen LogP contribution is 2.21. The molecule has 1 unspecified atom stereocenters. The van der Waals surface area contributed by atoms with E-state index >= 15 is 0 Å². The first kappa shape index (κ1) is 15.5. The summed E-state index contributed by atoms with van der Waals surface area (Å²) in [6.45, 7) is 6.06. The Balaban J connectivity index is 1.90. The third-order valence-electron chi connectivity index (χ3n) is 4.08. The molecule has 2 N–H and O–H groups in total. The van der Waals surface area contributed by atoms with Crippen LogP contribution in [0.1, 0.15) is 32.6 Å². The summed E-state index contributed by atoms with van der Waals surface area (Å²) in [7, 11) is 0. The van der Waals surface area contributed by atoms with Crippen LogP contribution in [-0.4, -0.2) is 61.1 Å². The van der Waals surface area contributed by atoms with Crippen LogP contribution in [0.4, 0.5) is 0 Å². The van der Waals surface area contributed by atoms with E-state index < -0.39 is 0 Å². The van der Waals surface area contributed by atoms with Crippen LogP contribution in [0.15, 0.2) is 11.8 Å². The fourth-order valence-electron chi connectivity index (χ4n) is 2.95. The highest BCUT2D eigenvalue weighted by molar-refractivity contribution is 5.80. The molecule has 0 bridgehead atoms. The normalized spacial score (nSPS) is 24.3. The van der Waals surface area contributed by atoms with Crippen molar-refractivity contribution >= 4 is 5.91 Å². The second-order valence-corrected chi connectivity index (χ2v) is 5.54. The first-order chi connectivity index (χ1) is 9.74. The average Bonchev–Trinajstić information content (AvgIpc) is 2.49. The maximum atomic E-state index is 12.5. The molecule has 1 amide bonds. The van der Waals surface area contributed by atoms with Gasteiger partial charge in [-0.1, -0.05) is 6.08 Å². The molecular formula is C15H27N3O2. The van der Waals surface area contributed by atoms with E-state index in [1.165, 1.54) is 18.5 Å². The smallest absolute Gasteiger partial charge is 0.240 e. The zero-order chi connectivity index (χ0) is 14.4. The van der Waals surface area contributed by atoms with Crippen LogP contribution in [0.25, 0.3) is 0 Å². The van der Waals surface area contributed by atoms with Gasteiger partial charge in [-0.05, 0) is 32.6 Å². The molecule has 5 heteroatoms. The largest absolute Gasteiger partial charge is 0.374 e. The molecule has 1 aliphatic heterocycles. The molecule has 2 aliphatic rings. The van der Waals surface area contributed by atoms with Crippen molar-refractivity contribution in [3.8, 4) is 0 Å². The lowest BCUT2D eigenvalue weighted by molar-refractivity contribution is -0.132. The second-order valence-electron chi connectivity index (χ2n) is 5.54. The topological polar surface area (TPSA) is 58.8 Å². The number of ether oxygens (including phenoxy) is 1. The number of morpholine rings is 1. The molecule has 1 aliphatic carbocycles. The molecule has 0 spiro atoms. The summed E-state index contributed by atoms with van der Waals surface area (Å²) in [5, 5.41) is 0. The van der Waals surface area contributed by atoms with Gasteiger partial charge in [0, 0.05) is 31.9 Å². The van der Waals surface area contributed by atoms with Gasteiger partial charge in [-0.2, -0.15) is 0 Å². The summed E-state index contributed by atoms with van der Waals surface area (Å²) < 4.78 is 5.54. The molecule has 0 aromatic rings. The molecule has 5 nitrogen and oxygen atoms in total. The summed E-state index contributed by atoms with van der Waals surface area (Å²) in [6, 6.07) is 0. The number of carbonyl (C=O) groups excluding carboxylic acids is 1. The quantitative estimate of drug-likeness (QED) is 0.815. The Labute approximate surface area is 121 Å². The van der Waals surface area contributed by atoms with E-state index in [1.807, 2.05) is 4.90 Å². The SMILES string of the molecule is CCN(C(=O)CN1CCOC(CN)C1)C1=CCCCC1. The van der Waals surface area contributed by atoms with E-state index in [0.717, 1.165) is 32.5 Å². The zero-order valence-corrected chi connectivity index (χ0v) is 12.5. The van der Waals surface area contributed by atoms with E-state index in [0.29, 0.717) is 19.7 Å². The van der Waals surface area contributed by atoms with Crippen LogP contribution in [0.3, 0.4) is 0 Å². The highest BCUT2D eigenvalue weighted by Gasteiger charge is 2.24. The van der Waals surface area contributed by atoms with Crippen LogP contribution >= 0.6 is 0 Å². The lowest BCUT2D eigenvalue weighted by Gasteiger charge is -2.34. The predicted octanol–water partition coefficient (Wildman–Crippen LogP) is 0.952. The van der Waals surface area contributed by atoms with Crippen molar-refractivity contribution in [1.82, 2.24) is 9.80 Å². The Bertz CT molecular complexity index is 357. The van der Waals surface area contributed by atoms with Crippen LogP contribution in [0.2, 0.25) is 0 Å². The van der Waals surface area contributed by atoms with Gasteiger partial charge in [-0.3, -0.25) is 9.69 Å². The van der Waals surface area contributed by atoms with Gasteiger partial charge in [-0.25, -0.2) is 0 Å². The number of hydrogen-bond acceptors (Lipinski definition) is 4. The van der Waals surface area contributed by atoms with Crippen molar-refractivity contribution in [2.45, 2.75) is 38.7 Å². The highest BCUT2D eigenvalue weighted by atomic mass is 16.5. The van der Waals surface area contributed by atoms with E-state index in [4.69, 9.17) is 10.5 Å². The van der Waals surface area contributed by atoms with Gasteiger partial charge in [0.2, 0.25) is 5.91 Å². The van der Waals surface area contributed by atoms with E-state index in [1.54, 1.807) is 0 Å². The number of rotatable bonds is 5. The van der Waals surface area contributed by atoms with Gasteiger partial charge in [0.15, 0.2) is 0 Å². The Morgan fingerprint density at radius 1 is 1.55 bits per heavy atom. The van der Waals surface area contributed by atoms with Crippen LogP contribution in [0.5, 0.6) is 0 Å². The first-order valence-corrected chi connectivity index (χ1v) is 7.78. The summed E-state index contributed by atoms with van der Waals surface area (Å²) in [6.07, 6.45) is 6.88. The van der Waals surface area contributed by atoms with E-state index in [-0.39, 0.29) is 12.0 Å². The number of nitrogens with zero attached hydrogens (tertiary/aromatic N) is 2. The van der Waals surface area contributed by atoms with Crippen molar-refractivity contribution in [3.63, 3.8) is 0 Å². The van der Waals surface area contributed by atoms with E-state index in [2.05, 4.69) is 17.9 Å². The molecule has 2 rings (SSSR count). The molecule has 114 valence electrons. The van der Waals surface area contributed by atoms with Gasteiger partial charge in [0.1, 0.15) is 0 Å². The zero-order valence-electron chi connectivity index (χ0n) is 12.5. The van der Waals surface area contributed by atoms with Crippen LogP contribution in [0, 0.1) is 0 Å². The molecule has 0 radical (unpaired) electrons. The van der Waals surface area contributed by atoms with Crippen molar-refractivity contribution < 1.29 is 9.53 Å². The van der Waals surface area contributed by atoms with Crippen molar-refractivity contribution in [1.29, 1.82) is 0 Å². The van der Waals surface area contributed by atoms with Crippen LogP contribution in [-0.2, 0) is 9.53 Å². The number of allylic oxidation sites excluding steroid dienone is 2. The number of amides is 1. The van der Waals surface area contributed by atoms with Gasteiger partial charge in [-0.15, -0.1) is 0 Å². The predicted molar refractivity (Wildman–Crippen MR) is 79.2 cm³/mol. The fourth-order valence-corrected chi connectivity index (χ4v) is 2.95. The maximum absolute atomic E-state index is 12.5. The molecular weight excluding hydrogens is 254 g/mol. The summed E-state index contributed by atoms with van der Waals surface area (Å²) in [5.41, 5.74) is 6.86. The standard InChI is InChI=1S/C15H27N3O2/c1-2-18(13-6-4-3-5-7-13)15(19)12-17-8-9-20-14(10-16)11-17/h6,14H,2-5,7-12,16H2,1H3. The third kappa shape index (κ3) is 4.04. The molecule has 1 fully saturated rings. The summed E-state index contributed by atoms with van der Waals surface area (Å²) in [4.78, 5) is 16.6. The van der Waals surface area contributed by atoms with Gasteiger partial charge in [0.05, 0.1) is 19.3 Å². The Morgan fingerprint density at radius 2 is 2.40 bits per heavy atom. The molecule has 1 atom stereocenters. The minimum atomic E-state index is 0.0699. The second kappa shape index (κ2) is 7.76. The molecule has 1 saturated heterocycles. The van der Waals surface area contributed by atoms with Crippen LogP contribution < -0.4 is 5.73 Å². The number of likely N-dealkylation sites (N-methyl/N-ethyl adjacent to an activating group) is 1. The molecule has 0 aromatic carbocycles. The Kier molecular flexibility index (Phi) is 6.01. The molecule has 0 saturated carbocycles. The van der Waals surface area contributed by atoms with Gasteiger partial charge in [0.25, 0.3) is 0 Å². The Hall–Kier alpha value is -0.910. The first-order valence-electron chi connectivity index (χ1n) is 7.78. The summed E-state index contributed by atoms with van der Waals surface area (Å²) >= 11 is 0. The average molecular weight is 281 g/mol. The van der Waals surface area contributed by atoms with E-state index in [9.17, 15) is 4.79 Å².